The molecule has 1 heterocycles. The molecule has 1 amide bonds. The van der Waals surface area contributed by atoms with Crippen molar-refractivity contribution in [3.05, 3.63) is 106 Å². The predicted octanol–water partition coefficient (Wildman–Crippen LogP) is 4.23. The van der Waals surface area contributed by atoms with Crippen molar-refractivity contribution in [2.24, 2.45) is 5.41 Å². The van der Waals surface area contributed by atoms with Crippen LogP contribution >= 0.6 is 0 Å². The van der Waals surface area contributed by atoms with E-state index in [2.05, 4.69) is 10.3 Å². The molecular weight excluding hydrogens is 416 g/mol. The quantitative estimate of drug-likeness (QED) is 0.485. The molecule has 6 heteroatoms. The smallest absolute Gasteiger partial charge is 0.257 e. The fourth-order valence-electron chi connectivity index (χ4n) is 4.09. The molecule has 0 bridgehead atoms. The average molecular weight is 443 g/mol. The van der Waals surface area contributed by atoms with Gasteiger partial charge in [-0.1, -0.05) is 60.7 Å². The number of hydrogen-bond donors (Lipinski definition) is 2. The zero-order valence-corrected chi connectivity index (χ0v) is 18.5. The number of rotatable bonds is 9. The van der Waals surface area contributed by atoms with E-state index in [-0.39, 0.29) is 34.7 Å². The number of nitrogens with one attached hydrogen (secondary N) is 2. The second-order valence-corrected chi connectivity index (χ2v) is 8.61. The highest BCUT2D eigenvalue weighted by atomic mass is 16.2. The molecule has 168 valence electrons. The highest BCUT2D eigenvalue weighted by Gasteiger charge is 2.46. The summed E-state index contributed by atoms with van der Waals surface area (Å²) in [6.45, 7) is 1.56. The SMILES string of the molecule is CC(=O)C1(CCC(=O)c2cc(=O)c(C(=O)NC(c3ccccc3)c3ccccc3)c[nH]2)CC1. The molecule has 0 atom stereocenters. The predicted molar refractivity (Wildman–Crippen MR) is 125 cm³/mol. The number of H-pyrrole nitrogens is 1. The Kier molecular flexibility index (Phi) is 6.36. The number of pyridine rings is 1. The Morgan fingerprint density at radius 3 is 2.03 bits per heavy atom. The normalized spacial score (nSPS) is 14.0. The highest BCUT2D eigenvalue weighted by Crippen LogP contribution is 2.50. The van der Waals surface area contributed by atoms with Crippen LogP contribution in [0.1, 0.15) is 70.6 Å². The summed E-state index contributed by atoms with van der Waals surface area (Å²) in [5.41, 5.74) is 0.978. The molecule has 1 fully saturated rings. The lowest BCUT2D eigenvalue weighted by molar-refractivity contribution is -0.122. The Morgan fingerprint density at radius 2 is 1.55 bits per heavy atom. The summed E-state index contributed by atoms with van der Waals surface area (Å²) in [6.07, 6.45) is 3.59. The molecule has 0 saturated heterocycles. The van der Waals surface area contributed by atoms with E-state index in [1.54, 1.807) is 6.92 Å². The van der Waals surface area contributed by atoms with E-state index in [9.17, 15) is 19.2 Å². The van der Waals surface area contributed by atoms with Crippen LogP contribution < -0.4 is 10.7 Å². The molecule has 1 aromatic heterocycles. The Hall–Kier alpha value is -3.80. The second-order valence-electron chi connectivity index (χ2n) is 8.61. The number of carbonyl (C=O) groups excluding carboxylic acids is 3. The van der Waals surface area contributed by atoms with Crippen LogP contribution in [0.3, 0.4) is 0 Å². The fraction of sp³-hybridized carbons (Fsp3) is 0.259. The molecule has 33 heavy (non-hydrogen) atoms. The largest absolute Gasteiger partial charge is 0.358 e. The van der Waals surface area contributed by atoms with E-state index in [0.29, 0.717) is 6.42 Å². The molecule has 1 aliphatic carbocycles. The minimum atomic E-state index is -0.526. The summed E-state index contributed by atoms with van der Waals surface area (Å²) in [7, 11) is 0. The molecular formula is C27H26N2O4. The van der Waals surface area contributed by atoms with Gasteiger partial charge in [-0.15, -0.1) is 0 Å². The van der Waals surface area contributed by atoms with Gasteiger partial charge in [0.05, 0.1) is 11.7 Å². The van der Waals surface area contributed by atoms with Crippen molar-refractivity contribution in [2.75, 3.05) is 0 Å². The van der Waals surface area contributed by atoms with E-state index in [4.69, 9.17) is 0 Å². The standard InChI is InChI=1S/C27H26N2O4/c1-18(30)27(14-15-27)13-12-23(31)22-16-24(32)21(17-28-22)26(33)29-25(19-8-4-2-5-9-19)20-10-6-3-7-11-20/h2-11,16-17,25H,12-15H2,1H3,(H,28,32)(H,29,33). The van der Waals surface area contributed by atoms with Gasteiger partial charge in [-0.25, -0.2) is 0 Å². The van der Waals surface area contributed by atoms with Gasteiger partial charge in [0.2, 0.25) is 0 Å². The van der Waals surface area contributed by atoms with Crippen molar-refractivity contribution >= 4 is 17.5 Å². The average Bonchev–Trinajstić information content (AvgIpc) is 3.63. The van der Waals surface area contributed by atoms with Gasteiger partial charge in [0.1, 0.15) is 11.3 Å². The lowest BCUT2D eigenvalue weighted by atomic mass is 9.94. The monoisotopic (exact) mass is 442 g/mol. The van der Waals surface area contributed by atoms with Gasteiger partial charge in [-0.2, -0.15) is 0 Å². The van der Waals surface area contributed by atoms with Crippen LogP contribution in [0.2, 0.25) is 0 Å². The van der Waals surface area contributed by atoms with E-state index in [0.717, 1.165) is 24.0 Å². The maximum Gasteiger partial charge on any atom is 0.257 e. The minimum absolute atomic E-state index is 0.0641. The number of aromatic nitrogens is 1. The van der Waals surface area contributed by atoms with Crippen LogP contribution in [-0.2, 0) is 4.79 Å². The number of ketones is 2. The van der Waals surface area contributed by atoms with Gasteiger partial charge in [0.25, 0.3) is 5.91 Å². The molecule has 0 radical (unpaired) electrons. The number of hydrogen-bond acceptors (Lipinski definition) is 4. The van der Waals surface area contributed by atoms with Crippen LogP contribution in [0.15, 0.2) is 77.7 Å². The first-order valence-corrected chi connectivity index (χ1v) is 11.1. The van der Waals surface area contributed by atoms with Crippen molar-refractivity contribution < 1.29 is 14.4 Å². The fourth-order valence-corrected chi connectivity index (χ4v) is 4.09. The maximum absolute atomic E-state index is 13.0. The molecule has 0 aliphatic heterocycles. The third-order valence-electron chi connectivity index (χ3n) is 6.43. The summed E-state index contributed by atoms with van der Waals surface area (Å²) in [4.78, 5) is 52.7. The number of benzene rings is 2. The molecule has 2 N–H and O–H groups in total. The van der Waals surface area contributed by atoms with Gasteiger partial charge >= 0.3 is 0 Å². The van der Waals surface area contributed by atoms with Gasteiger partial charge < -0.3 is 10.3 Å². The minimum Gasteiger partial charge on any atom is -0.358 e. The first-order chi connectivity index (χ1) is 15.9. The first kappa shape index (κ1) is 22.4. The van der Waals surface area contributed by atoms with Crippen molar-refractivity contribution in [1.29, 1.82) is 0 Å². The van der Waals surface area contributed by atoms with E-state index < -0.39 is 17.4 Å². The molecule has 4 rings (SSSR count). The number of Topliss-reactive ketones (excluding diaryl/α,β-unsaturated/α-hetero) is 2. The summed E-state index contributed by atoms with van der Waals surface area (Å²) in [5, 5.41) is 2.94. The molecule has 2 aromatic carbocycles. The molecule has 6 nitrogen and oxygen atoms in total. The Labute approximate surface area is 192 Å². The lowest BCUT2D eigenvalue weighted by Crippen LogP contribution is -2.33. The topological polar surface area (TPSA) is 96.1 Å². The van der Waals surface area contributed by atoms with Crippen molar-refractivity contribution in [3.63, 3.8) is 0 Å². The van der Waals surface area contributed by atoms with E-state index >= 15 is 0 Å². The van der Waals surface area contributed by atoms with E-state index in [1.807, 2.05) is 60.7 Å². The molecule has 1 saturated carbocycles. The zero-order chi connectivity index (χ0) is 23.4. The Balaban J connectivity index is 1.50. The first-order valence-electron chi connectivity index (χ1n) is 11.1. The van der Waals surface area contributed by atoms with Crippen LogP contribution in [-0.4, -0.2) is 22.5 Å². The molecule has 3 aromatic rings. The summed E-state index contributed by atoms with van der Waals surface area (Å²) in [5.74, 6) is -0.651. The Bertz CT molecular complexity index is 1190. The van der Waals surface area contributed by atoms with Gasteiger partial charge in [-0.05, 0) is 37.3 Å². The third-order valence-corrected chi connectivity index (χ3v) is 6.43. The molecule has 0 spiro atoms. The zero-order valence-electron chi connectivity index (χ0n) is 18.5. The summed E-state index contributed by atoms with van der Waals surface area (Å²) in [6, 6.07) is 19.8. The number of aromatic amines is 1. The highest BCUT2D eigenvalue weighted by molar-refractivity contribution is 5.97. The molecule has 0 unspecified atom stereocenters. The number of carbonyl (C=O) groups is 3. The van der Waals surface area contributed by atoms with Crippen molar-refractivity contribution in [1.82, 2.24) is 10.3 Å². The van der Waals surface area contributed by atoms with Crippen LogP contribution in [0.25, 0.3) is 0 Å². The van der Waals surface area contributed by atoms with Crippen LogP contribution in [0.5, 0.6) is 0 Å². The van der Waals surface area contributed by atoms with Crippen molar-refractivity contribution in [3.8, 4) is 0 Å². The van der Waals surface area contributed by atoms with Gasteiger partial charge in [0.15, 0.2) is 11.2 Å². The van der Waals surface area contributed by atoms with Crippen LogP contribution in [0, 0.1) is 5.41 Å². The second kappa shape index (κ2) is 9.36. The summed E-state index contributed by atoms with van der Waals surface area (Å²) < 4.78 is 0. The van der Waals surface area contributed by atoms with Gasteiger partial charge in [-0.3, -0.25) is 19.2 Å². The Morgan fingerprint density at radius 1 is 0.970 bits per heavy atom. The van der Waals surface area contributed by atoms with E-state index in [1.165, 1.54) is 12.3 Å². The molecule has 1 aliphatic rings. The summed E-state index contributed by atoms with van der Waals surface area (Å²) >= 11 is 0. The van der Waals surface area contributed by atoms with Crippen molar-refractivity contribution in [2.45, 2.75) is 38.6 Å². The lowest BCUT2D eigenvalue weighted by Gasteiger charge is -2.20. The third kappa shape index (κ3) is 5.00. The number of amides is 1. The van der Waals surface area contributed by atoms with Gasteiger partial charge in [0, 0.05) is 24.1 Å². The maximum atomic E-state index is 13.0. The van der Waals surface area contributed by atoms with Crippen LogP contribution in [0.4, 0.5) is 0 Å².